The molecule has 2 aliphatic rings. The van der Waals surface area contributed by atoms with E-state index in [1.54, 1.807) is 23.5 Å². The predicted octanol–water partition coefficient (Wildman–Crippen LogP) is 2.03. The number of rotatable bonds is 3. The van der Waals surface area contributed by atoms with Crippen molar-refractivity contribution in [1.82, 2.24) is 9.88 Å². The number of nitrogens with zero attached hydrogens (tertiary/aromatic N) is 2. The molecule has 2 aliphatic heterocycles. The van der Waals surface area contributed by atoms with E-state index in [0.29, 0.717) is 16.6 Å². The molecule has 1 aromatic carbocycles. The van der Waals surface area contributed by atoms with Crippen LogP contribution < -0.4 is 14.8 Å². The van der Waals surface area contributed by atoms with E-state index < -0.39 is 5.92 Å². The van der Waals surface area contributed by atoms with Crippen LogP contribution in [0.5, 0.6) is 11.5 Å². The molecule has 2 aromatic rings. The summed E-state index contributed by atoms with van der Waals surface area (Å²) in [5.74, 6) is 0.572. The molecule has 7 nitrogen and oxygen atoms in total. The van der Waals surface area contributed by atoms with E-state index in [1.165, 1.54) is 11.3 Å². The molecule has 1 saturated heterocycles. The van der Waals surface area contributed by atoms with Gasteiger partial charge in [-0.25, -0.2) is 4.98 Å². The fraction of sp³-hybridized carbons (Fsp3) is 0.312. The Bertz CT molecular complexity index is 793. The Balaban J connectivity index is 1.63. The van der Waals surface area contributed by atoms with Crippen molar-refractivity contribution in [2.24, 2.45) is 5.92 Å². The van der Waals surface area contributed by atoms with E-state index in [0.717, 1.165) is 5.56 Å². The van der Waals surface area contributed by atoms with Crippen LogP contribution >= 0.6 is 11.3 Å². The molecule has 2 amide bonds. The van der Waals surface area contributed by atoms with Crippen LogP contribution in [0.1, 0.15) is 18.0 Å². The number of carbonyl (C=O) groups is 2. The lowest BCUT2D eigenvalue weighted by atomic mass is 9.92. The topological polar surface area (TPSA) is 80.8 Å². The number of nitrogens with one attached hydrogen (secondary N) is 1. The number of carbonyl (C=O) groups excluding carboxylic acids is 2. The second-order valence-corrected chi connectivity index (χ2v) is 6.59. The number of benzene rings is 1. The standard InChI is InChI=1S/C16H15N3O4S/c1-19-13(20)7-10(15(21)18-16-17-4-5-24-16)14(19)9-2-3-11-12(6-9)23-8-22-11/h2-6,10,14H,7-8H2,1H3,(H,17,18,21)/t10-,14-/m0/s1. The number of aromatic nitrogens is 1. The SMILES string of the molecule is CN1C(=O)C[C@H](C(=O)Nc2nccs2)[C@@H]1c1ccc2c(c1)OCO2. The molecule has 1 fully saturated rings. The first-order chi connectivity index (χ1) is 11.6. The van der Waals surface area contributed by atoms with E-state index in [1.807, 2.05) is 18.2 Å². The summed E-state index contributed by atoms with van der Waals surface area (Å²) in [6.45, 7) is 0.187. The number of hydrogen-bond acceptors (Lipinski definition) is 6. The molecule has 8 heteroatoms. The smallest absolute Gasteiger partial charge is 0.232 e. The second kappa shape index (κ2) is 5.79. The van der Waals surface area contributed by atoms with Crippen LogP contribution in [0.4, 0.5) is 5.13 Å². The molecule has 1 N–H and O–H groups in total. The van der Waals surface area contributed by atoms with Gasteiger partial charge >= 0.3 is 0 Å². The zero-order chi connectivity index (χ0) is 16.7. The Labute approximate surface area is 142 Å². The van der Waals surface area contributed by atoms with Crippen LogP contribution in [0.3, 0.4) is 0 Å². The molecule has 0 bridgehead atoms. The van der Waals surface area contributed by atoms with Gasteiger partial charge in [-0.1, -0.05) is 6.07 Å². The van der Waals surface area contributed by atoms with E-state index in [-0.39, 0.29) is 31.1 Å². The number of anilines is 1. The van der Waals surface area contributed by atoms with Gasteiger partial charge in [0.05, 0.1) is 12.0 Å². The summed E-state index contributed by atoms with van der Waals surface area (Å²) in [5, 5.41) is 5.11. The van der Waals surface area contributed by atoms with Crippen LogP contribution in [0.25, 0.3) is 0 Å². The molecule has 2 atom stereocenters. The first kappa shape index (κ1) is 14.9. The minimum absolute atomic E-state index is 0.0584. The summed E-state index contributed by atoms with van der Waals surface area (Å²) < 4.78 is 10.7. The van der Waals surface area contributed by atoms with Gasteiger partial charge in [0.25, 0.3) is 0 Å². The predicted molar refractivity (Wildman–Crippen MR) is 86.9 cm³/mol. The molecule has 0 spiro atoms. The molecular weight excluding hydrogens is 330 g/mol. The Morgan fingerprint density at radius 3 is 3.00 bits per heavy atom. The Morgan fingerprint density at radius 1 is 1.38 bits per heavy atom. The van der Waals surface area contributed by atoms with Gasteiger partial charge in [0.15, 0.2) is 16.6 Å². The first-order valence-corrected chi connectivity index (χ1v) is 8.37. The fourth-order valence-corrected chi connectivity index (χ4v) is 3.67. The Kier molecular flexibility index (Phi) is 3.61. The fourth-order valence-electron chi connectivity index (χ4n) is 3.14. The largest absolute Gasteiger partial charge is 0.454 e. The lowest BCUT2D eigenvalue weighted by Gasteiger charge is -2.24. The molecule has 24 heavy (non-hydrogen) atoms. The number of fused-ring (bicyclic) bond motifs is 1. The van der Waals surface area contributed by atoms with Crippen molar-refractivity contribution >= 4 is 28.3 Å². The summed E-state index contributed by atoms with van der Waals surface area (Å²) in [5.41, 5.74) is 0.854. The lowest BCUT2D eigenvalue weighted by Crippen LogP contribution is -2.30. The van der Waals surface area contributed by atoms with Crippen molar-refractivity contribution in [2.45, 2.75) is 12.5 Å². The van der Waals surface area contributed by atoms with Crippen molar-refractivity contribution < 1.29 is 19.1 Å². The average molecular weight is 345 g/mol. The third-order valence-electron chi connectivity index (χ3n) is 4.32. The number of hydrogen-bond donors (Lipinski definition) is 1. The molecule has 0 saturated carbocycles. The summed E-state index contributed by atoms with van der Waals surface area (Å²) in [6, 6.07) is 5.18. The van der Waals surface area contributed by atoms with Gasteiger partial charge in [0.2, 0.25) is 18.6 Å². The quantitative estimate of drug-likeness (QED) is 0.921. The van der Waals surface area contributed by atoms with Crippen molar-refractivity contribution in [2.75, 3.05) is 19.2 Å². The highest BCUT2D eigenvalue weighted by atomic mass is 32.1. The third-order valence-corrected chi connectivity index (χ3v) is 5.01. The molecular formula is C16H15N3O4S. The summed E-state index contributed by atoms with van der Waals surface area (Å²) >= 11 is 1.35. The number of ether oxygens (including phenoxy) is 2. The van der Waals surface area contributed by atoms with Crippen molar-refractivity contribution in [3.05, 3.63) is 35.3 Å². The first-order valence-electron chi connectivity index (χ1n) is 7.49. The maximum Gasteiger partial charge on any atom is 0.232 e. The van der Waals surface area contributed by atoms with Gasteiger partial charge in [-0.15, -0.1) is 11.3 Å². The average Bonchev–Trinajstić information content (AvgIpc) is 3.28. The number of amides is 2. The van der Waals surface area contributed by atoms with Gasteiger partial charge in [-0.05, 0) is 17.7 Å². The summed E-state index contributed by atoms with van der Waals surface area (Å²) in [7, 11) is 1.72. The lowest BCUT2D eigenvalue weighted by molar-refractivity contribution is -0.127. The number of thiazole rings is 1. The highest BCUT2D eigenvalue weighted by Crippen LogP contribution is 2.41. The highest BCUT2D eigenvalue weighted by molar-refractivity contribution is 7.13. The highest BCUT2D eigenvalue weighted by Gasteiger charge is 2.43. The van der Waals surface area contributed by atoms with Crippen molar-refractivity contribution in [3.63, 3.8) is 0 Å². The van der Waals surface area contributed by atoms with Crippen LogP contribution in [0, 0.1) is 5.92 Å². The van der Waals surface area contributed by atoms with Crippen LogP contribution in [-0.2, 0) is 9.59 Å². The Morgan fingerprint density at radius 2 is 2.21 bits per heavy atom. The minimum Gasteiger partial charge on any atom is -0.454 e. The maximum atomic E-state index is 12.6. The Hall–Kier alpha value is -2.61. The molecule has 124 valence electrons. The van der Waals surface area contributed by atoms with Gasteiger partial charge < -0.3 is 19.7 Å². The zero-order valence-corrected chi connectivity index (χ0v) is 13.7. The van der Waals surface area contributed by atoms with Gasteiger partial charge in [-0.2, -0.15) is 0 Å². The summed E-state index contributed by atoms with van der Waals surface area (Å²) in [6.07, 6.45) is 1.80. The monoisotopic (exact) mass is 345 g/mol. The molecule has 0 aliphatic carbocycles. The third kappa shape index (κ3) is 2.48. The molecule has 1 aromatic heterocycles. The second-order valence-electron chi connectivity index (χ2n) is 5.70. The molecule has 3 heterocycles. The van der Waals surface area contributed by atoms with Crippen molar-refractivity contribution in [3.8, 4) is 11.5 Å². The number of likely N-dealkylation sites (tertiary alicyclic amines) is 1. The van der Waals surface area contributed by atoms with E-state index in [9.17, 15) is 9.59 Å². The molecule has 4 rings (SSSR count). The van der Waals surface area contributed by atoms with Crippen molar-refractivity contribution in [1.29, 1.82) is 0 Å². The van der Waals surface area contributed by atoms with E-state index in [4.69, 9.17) is 9.47 Å². The normalized spacial score (nSPS) is 22.0. The van der Waals surface area contributed by atoms with Crippen LogP contribution in [0.15, 0.2) is 29.8 Å². The van der Waals surface area contributed by atoms with Crippen LogP contribution in [0.2, 0.25) is 0 Å². The zero-order valence-electron chi connectivity index (χ0n) is 12.9. The van der Waals surface area contributed by atoms with E-state index >= 15 is 0 Å². The van der Waals surface area contributed by atoms with E-state index in [2.05, 4.69) is 10.3 Å². The maximum absolute atomic E-state index is 12.6. The summed E-state index contributed by atoms with van der Waals surface area (Å²) in [4.78, 5) is 30.5. The van der Waals surface area contributed by atoms with Gasteiger partial charge in [0.1, 0.15) is 0 Å². The van der Waals surface area contributed by atoms with Gasteiger partial charge in [0, 0.05) is 25.0 Å². The van der Waals surface area contributed by atoms with Crippen LogP contribution in [-0.4, -0.2) is 35.5 Å². The molecule has 0 radical (unpaired) electrons. The van der Waals surface area contributed by atoms with Gasteiger partial charge in [-0.3, -0.25) is 9.59 Å². The molecule has 0 unspecified atom stereocenters. The minimum atomic E-state index is -0.480.